The van der Waals surface area contributed by atoms with Gasteiger partial charge >= 0.3 is 0 Å². The summed E-state index contributed by atoms with van der Waals surface area (Å²) in [7, 11) is -3.57. The number of carbonyl (C=O) groups is 2. The number of sulfonamides is 1. The maximum absolute atomic E-state index is 14.0. The molecule has 1 N–H and O–H groups in total. The van der Waals surface area contributed by atoms with E-state index in [1.807, 2.05) is 67.6 Å². The maximum atomic E-state index is 14.0. The van der Waals surface area contributed by atoms with E-state index in [2.05, 4.69) is 5.32 Å². The lowest BCUT2D eigenvalue weighted by Gasteiger charge is -2.34. The van der Waals surface area contributed by atoms with Crippen molar-refractivity contribution in [2.75, 3.05) is 17.1 Å². The Morgan fingerprint density at radius 3 is 2.28 bits per heavy atom. The van der Waals surface area contributed by atoms with E-state index in [0.717, 1.165) is 42.4 Å². The van der Waals surface area contributed by atoms with E-state index in [1.54, 1.807) is 23.1 Å². The molecule has 0 saturated heterocycles. The summed E-state index contributed by atoms with van der Waals surface area (Å²) < 4.78 is 26.8. The summed E-state index contributed by atoms with van der Waals surface area (Å²) in [4.78, 5) is 29.6. The third kappa shape index (κ3) is 9.57. The molecule has 9 heteroatoms. The van der Waals surface area contributed by atoms with Crippen LogP contribution in [0.5, 0.6) is 0 Å². The van der Waals surface area contributed by atoms with E-state index in [4.69, 9.17) is 11.6 Å². The maximum Gasteiger partial charge on any atom is 0.243 e. The van der Waals surface area contributed by atoms with Crippen molar-refractivity contribution in [3.8, 4) is 0 Å². The molecule has 0 spiro atoms. The third-order valence-electron chi connectivity index (χ3n) is 8.00. The first kappa shape index (κ1) is 32.6. The number of nitrogens with zero attached hydrogens (tertiary/aromatic N) is 2. The molecule has 230 valence electrons. The number of anilines is 1. The zero-order valence-corrected chi connectivity index (χ0v) is 26.6. The molecule has 2 amide bonds. The van der Waals surface area contributed by atoms with Crippen LogP contribution in [0.1, 0.15) is 61.6 Å². The Morgan fingerprint density at radius 1 is 0.930 bits per heavy atom. The van der Waals surface area contributed by atoms with Crippen molar-refractivity contribution in [1.82, 2.24) is 10.2 Å². The average molecular weight is 624 g/mol. The average Bonchev–Trinajstić information content (AvgIpc) is 2.98. The summed E-state index contributed by atoms with van der Waals surface area (Å²) in [5, 5.41) is 3.80. The summed E-state index contributed by atoms with van der Waals surface area (Å²) in [6, 6.07) is 23.7. The molecule has 1 fully saturated rings. The molecule has 7 nitrogen and oxygen atoms in total. The number of rotatable bonds is 13. The minimum atomic E-state index is -3.57. The molecule has 3 aromatic carbocycles. The second kappa shape index (κ2) is 15.4. The topological polar surface area (TPSA) is 86.8 Å². The highest BCUT2D eigenvalue weighted by Crippen LogP contribution is 2.24. The van der Waals surface area contributed by atoms with E-state index >= 15 is 0 Å². The van der Waals surface area contributed by atoms with Crippen LogP contribution in [-0.4, -0.2) is 50.0 Å². The second-order valence-electron chi connectivity index (χ2n) is 11.4. The molecule has 1 unspecified atom stereocenters. The van der Waals surface area contributed by atoms with Crippen LogP contribution in [0.2, 0.25) is 5.02 Å². The Bertz CT molecular complexity index is 1480. The standard InChI is InChI=1S/C34H42ClN3O4S/c1-26-13-9-10-20-31(26)38(43(2,41)42)22-12-21-33(39)37(25-28-16-11-17-29(35)23-28)32(24-27-14-5-3-6-15-27)34(40)36-30-18-7-4-8-19-30/h3,5-6,9-11,13-17,20,23,30,32H,4,7-8,12,18-19,21-22,24-25H2,1-2H3,(H,36,40). The van der Waals surface area contributed by atoms with Crippen LogP contribution < -0.4 is 9.62 Å². The number of aryl methyl sites for hydroxylation is 1. The minimum Gasteiger partial charge on any atom is -0.352 e. The van der Waals surface area contributed by atoms with E-state index < -0.39 is 16.1 Å². The molecule has 0 heterocycles. The van der Waals surface area contributed by atoms with Crippen LogP contribution >= 0.6 is 11.6 Å². The van der Waals surface area contributed by atoms with Crippen molar-refractivity contribution in [3.05, 3.63) is 101 Å². The van der Waals surface area contributed by atoms with E-state index in [0.29, 0.717) is 23.6 Å². The number of amides is 2. The van der Waals surface area contributed by atoms with Crippen molar-refractivity contribution in [2.24, 2.45) is 0 Å². The summed E-state index contributed by atoms with van der Waals surface area (Å²) in [5.41, 5.74) is 3.21. The molecule has 0 aromatic heterocycles. The molecular formula is C34H42ClN3O4S. The predicted octanol–water partition coefficient (Wildman–Crippen LogP) is 6.28. The van der Waals surface area contributed by atoms with Crippen LogP contribution in [-0.2, 0) is 32.6 Å². The van der Waals surface area contributed by atoms with Gasteiger partial charge in [0.05, 0.1) is 11.9 Å². The number of para-hydroxylation sites is 1. The Kier molecular flexibility index (Phi) is 11.7. The highest BCUT2D eigenvalue weighted by molar-refractivity contribution is 7.92. The van der Waals surface area contributed by atoms with Crippen LogP contribution in [0.25, 0.3) is 0 Å². The summed E-state index contributed by atoms with van der Waals surface area (Å²) >= 11 is 6.30. The first-order chi connectivity index (χ1) is 20.6. The molecule has 1 aliphatic rings. The molecular weight excluding hydrogens is 582 g/mol. The van der Waals surface area contributed by atoms with Crippen molar-refractivity contribution in [1.29, 1.82) is 0 Å². The SMILES string of the molecule is Cc1ccccc1N(CCCC(=O)N(Cc1cccc(Cl)c1)C(Cc1ccccc1)C(=O)NC1CCCCC1)S(C)(=O)=O. The predicted molar refractivity (Wildman–Crippen MR) is 174 cm³/mol. The van der Waals surface area contributed by atoms with Crippen LogP contribution in [0, 0.1) is 6.92 Å². The fourth-order valence-electron chi connectivity index (χ4n) is 5.76. The van der Waals surface area contributed by atoms with Gasteiger partial charge in [-0.15, -0.1) is 0 Å². The van der Waals surface area contributed by atoms with Gasteiger partial charge in [0.2, 0.25) is 21.8 Å². The smallest absolute Gasteiger partial charge is 0.243 e. The van der Waals surface area contributed by atoms with Gasteiger partial charge in [0.15, 0.2) is 0 Å². The lowest BCUT2D eigenvalue weighted by Crippen LogP contribution is -2.52. The van der Waals surface area contributed by atoms with E-state index in [-0.39, 0.29) is 37.4 Å². The molecule has 0 bridgehead atoms. The monoisotopic (exact) mass is 623 g/mol. The van der Waals surface area contributed by atoms with Gasteiger partial charge in [-0.1, -0.05) is 91.5 Å². The zero-order valence-electron chi connectivity index (χ0n) is 25.0. The Morgan fingerprint density at radius 2 is 1.60 bits per heavy atom. The normalized spacial score (nSPS) is 14.6. The number of hydrogen-bond acceptors (Lipinski definition) is 4. The number of nitrogens with one attached hydrogen (secondary N) is 1. The van der Waals surface area contributed by atoms with Gasteiger partial charge in [-0.2, -0.15) is 0 Å². The van der Waals surface area contributed by atoms with Gasteiger partial charge in [-0.3, -0.25) is 13.9 Å². The Labute approximate surface area is 261 Å². The largest absolute Gasteiger partial charge is 0.352 e. The van der Waals surface area contributed by atoms with Crippen molar-refractivity contribution >= 4 is 39.1 Å². The zero-order chi connectivity index (χ0) is 30.8. The van der Waals surface area contributed by atoms with Gasteiger partial charge in [-0.05, 0) is 61.1 Å². The molecule has 1 aliphatic carbocycles. The van der Waals surface area contributed by atoms with E-state index in [9.17, 15) is 18.0 Å². The lowest BCUT2D eigenvalue weighted by molar-refractivity contribution is -0.141. The molecule has 1 saturated carbocycles. The highest BCUT2D eigenvalue weighted by atomic mass is 35.5. The lowest BCUT2D eigenvalue weighted by atomic mass is 9.94. The van der Waals surface area contributed by atoms with Crippen molar-refractivity contribution < 1.29 is 18.0 Å². The van der Waals surface area contributed by atoms with Crippen molar-refractivity contribution in [3.63, 3.8) is 0 Å². The van der Waals surface area contributed by atoms with Gasteiger partial charge in [0, 0.05) is 37.0 Å². The van der Waals surface area contributed by atoms with Crippen LogP contribution in [0.3, 0.4) is 0 Å². The number of hydrogen-bond donors (Lipinski definition) is 1. The van der Waals surface area contributed by atoms with Gasteiger partial charge in [0.1, 0.15) is 6.04 Å². The van der Waals surface area contributed by atoms with E-state index in [1.165, 1.54) is 17.0 Å². The quantitative estimate of drug-likeness (QED) is 0.243. The van der Waals surface area contributed by atoms with Gasteiger partial charge < -0.3 is 10.2 Å². The third-order valence-corrected chi connectivity index (χ3v) is 9.42. The Balaban J connectivity index is 1.59. The fraction of sp³-hybridized carbons (Fsp3) is 0.412. The molecule has 4 rings (SSSR count). The summed E-state index contributed by atoms with van der Waals surface area (Å²) in [6.45, 7) is 2.23. The molecule has 0 radical (unpaired) electrons. The molecule has 43 heavy (non-hydrogen) atoms. The van der Waals surface area contributed by atoms with Crippen LogP contribution in [0.4, 0.5) is 5.69 Å². The first-order valence-electron chi connectivity index (χ1n) is 15.0. The van der Waals surface area contributed by atoms with Crippen molar-refractivity contribution in [2.45, 2.75) is 76.9 Å². The molecule has 0 aliphatic heterocycles. The van der Waals surface area contributed by atoms with Gasteiger partial charge in [0.25, 0.3) is 0 Å². The summed E-state index contributed by atoms with van der Waals surface area (Å²) in [6.07, 6.45) is 7.14. The Hall–Kier alpha value is -3.36. The fourth-order valence-corrected chi connectivity index (χ4v) is 6.99. The first-order valence-corrected chi connectivity index (χ1v) is 17.3. The highest BCUT2D eigenvalue weighted by Gasteiger charge is 2.32. The number of benzene rings is 3. The molecule has 3 aromatic rings. The minimum absolute atomic E-state index is 0.0838. The molecule has 1 atom stereocenters. The van der Waals surface area contributed by atoms with Crippen LogP contribution in [0.15, 0.2) is 78.9 Å². The van der Waals surface area contributed by atoms with Gasteiger partial charge in [-0.25, -0.2) is 8.42 Å². The number of halogens is 1. The number of carbonyl (C=O) groups excluding carboxylic acids is 2. The second-order valence-corrected chi connectivity index (χ2v) is 13.8. The summed E-state index contributed by atoms with van der Waals surface area (Å²) in [5.74, 6) is -0.373.